The third-order valence-corrected chi connectivity index (χ3v) is 6.01. The van der Waals surface area contributed by atoms with Crippen molar-refractivity contribution in [1.82, 2.24) is 0 Å². The molecule has 15 heavy (non-hydrogen) atoms. The smallest absolute Gasteiger partial charge is 0.0960 e. The van der Waals surface area contributed by atoms with Gasteiger partial charge < -0.3 is 4.74 Å². The lowest BCUT2D eigenvalue weighted by Gasteiger charge is -2.25. The summed E-state index contributed by atoms with van der Waals surface area (Å²) in [4.78, 5) is 1.79. The first-order valence-corrected chi connectivity index (χ1v) is 7.27. The van der Waals surface area contributed by atoms with Crippen molar-refractivity contribution < 1.29 is 4.74 Å². The third-order valence-electron chi connectivity index (χ3n) is 2.83. The molecule has 1 aliphatic heterocycles. The molecule has 0 spiro atoms. The van der Waals surface area contributed by atoms with Crippen molar-refractivity contribution in [3.63, 3.8) is 0 Å². The summed E-state index contributed by atoms with van der Waals surface area (Å²) in [7, 11) is 0. The minimum atomic E-state index is 0.442. The highest BCUT2D eigenvalue weighted by atomic mass is 79.9. The maximum Gasteiger partial charge on any atom is 0.0960 e. The lowest BCUT2D eigenvalue weighted by molar-refractivity contribution is 0.0664. The number of rotatable bonds is 2. The molecule has 1 aromatic heterocycles. The Bertz CT molecular complexity index is 314. The molecule has 1 aromatic rings. The van der Waals surface area contributed by atoms with Crippen LogP contribution in [0, 0.1) is 12.8 Å². The van der Waals surface area contributed by atoms with Gasteiger partial charge >= 0.3 is 0 Å². The van der Waals surface area contributed by atoms with E-state index in [1.54, 1.807) is 11.3 Å². The van der Waals surface area contributed by atoms with Gasteiger partial charge in [-0.25, -0.2) is 0 Å². The second kappa shape index (κ2) is 5.17. The molecule has 1 unspecified atom stereocenters. The van der Waals surface area contributed by atoms with Crippen molar-refractivity contribution in [2.75, 3.05) is 13.2 Å². The maximum absolute atomic E-state index is 6.09. The highest BCUT2D eigenvalue weighted by molar-refractivity contribution is 9.09. The summed E-state index contributed by atoms with van der Waals surface area (Å²) in [5.41, 5.74) is 1.19. The van der Waals surface area contributed by atoms with Crippen molar-refractivity contribution in [1.29, 1.82) is 0 Å². The van der Waals surface area contributed by atoms with E-state index in [1.807, 2.05) is 0 Å². The quantitative estimate of drug-likeness (QED) is 0.727. The highest BCUT2D eigenvalue weighted by Gasteiger charge is 2.24. The normalized spacial score (nSPS) is 20.5. The molecule has 0 saturated carbocycles. The fourth-order valence-electron chi connectivity index (χ4n) is 1.86. The first-order valence-electron chi connectivity index (χ1n) is 5.16. The van der Waals surface area contributed by atoms with Crippen LogP contribution in [0.4, 0.5) is 0 Å². The van der Waals surface area contributed by atoms with Crippen LogP contribution in [0.1, 0.15) is 28.1 Å². The van der Waals surface area contributed by atoms with E-state index in [-0.39, 0.29) is 0 Å². The van der Waals surface area contributed by atoms with Crippen LogP contribution in [0.15, 0.2) is 6.07 Å². The molecular weight excluding hydrogens is 296 g/mol. The zero-order valence-corrected chi connectivity index (χ0v) is 11.8. The summed E-state index contributed by atoms with van der Waals surface area (Å²) < 4.78 is 6.29. The highest BCUT2D eigenvalue weighted by Crippen LogP contribution is 2.42. The van der Waals surface area contributed by atoms with Crippen molar-refractivity contribution in [2.45, 2.75) is 24.6 Å². The number of hydrogen-bond donors (Lipinski definition) is 0. The Labute approximate surface area is 108 Å². The van der Waals surface area contributed by atoms with Gasteiger partial charge in [-0.05, 0) is 37.3 Å². The van der Waals surface area contributed by atoms with Gasteiger partial charge in [0.2, 0.25) is 0 Å². The van der Waals surface area contributed by atoms with Crippen LogP contribution in [0.2, 0.25) is 4.34 Å². The first kappa shape index (κ1) is 11.9. The summed E-state index contributed by atoms with van der Waals surface area (Å²) in [6.45, 7) is 3.85. The van der Waals surface area contributed by atoms with E-state index < -0.39 is 0 Å². The van der Waals surface area contributed by atoms with E-state index in [4.69, 9.17) is 16.3 Å². The van der Waals surface area contributed by atoms with Gasteiger partial charge in [-0.2, -0.15) is 0 Å². The summed E-state index contributed by atoms with van der Waals surface area (Å²) in [6.07, 6.45) is 2.29. The predicted octanol–water partition coefficient (Wildman–Crippen LogP) is 4.57. The Hall–Kier alpha value is 0.430. The fourth-order valence-corrected chi connectivity index (χ4v) is 4.09. The molecule has 2 rings (SSSR count). The largest absolute Gasteiger partial charge is 0.381 e. The van der Waals surface area contributed by atoms with Crippen molar-refractivity contribution in [2.24, 2.45) is 5.92 Å². The van der Waals surface area contributed by atoms with Gasteiger partial charge in [-0.15, -0.1) is 11.3 Å². The molecule has 0 radical (unpaired) electrons. The molecule has 0 amide bonds. The van der Waals surface area contributed by atoms with E-state index in [2.05, 4.69) is 28.9 Å². The van der Waals surface area contributed by atoms with Gasteiger partial charge in [0.1, 0.15) is 0 Å². The van der Waals surface area contributed by atoms with Crippen LogP contribution < -0.4 is 0 Å². The van der Waals surface area contributed by atoms with E-state index in [1.165, 1.54) is 10.4 Å². The molecule has 1 atom stereocenters. The molecule has 84 valence electrons. The van der Waals surface area contributed by atoms with Gasteiger partial charge in [-0.3, -0.25) is 0 Å². The maximum atomic E-state index is 6.09. The standard InChI is InChI=1S/C11H14BrClOS/c1-7-6-9(15-11(7)13)10(12)8-2-4-14-5-3-8/h6,8,10H,2-5H2,1H3. The molecular formula is C11H14BrClOS. The minimum Gasteiger partial charge on any atom is -0.381 e. The van der Waals surface area contributed by atoms with Crippen molar-refractivity contribution in [3.05, 3.63) is 20.8 Å². The second-order valence-electron chi connectivity index (χ2n) is 3.96. The van der Waals surface area contributed by atoms with Gasteiger partial charge in [0, 0.05) is 18.1 Å². The minimum absolute atomic E-state index is 0.442. The number of aryl methyl sites for hydroxylation is 1. The van der Waals surface area contributed by atoms with Crippen LogP contribution in [-0.4, -0.2) is 13.2 Å². The first-order chi connectivity index (χ1) is 7.18. The summed E-state index contributed by atoms with van der Waals surface area (Å²) in [6, 6.07) is 2.20. The third kappa shape index (κ3) is 2.76. The van der Waals surface area contributed by atoms with E-state index >= 15 is 0 Å². The molecule has 0 aromatic carbocycles. The molecule has 0 aliphatic carbocycles. The molecule has 0 N–H and O–H groups in total. The van der Waals surface area contributed by atoms with Gasteiger partial charge in [-0.1, -0.05) is 27.5 Å². The topological polar surface area (TPSA) is 9.23 Å². The summed E-state index contributed by atoms with van der Waals surface area (Å²) in [5.74, 6) is 0.688. The Morgan fingerprint density at radius 3 is 2.73 bits per heavy atom. The van der Waals surface area contributed by atoms with E-state index in [9.17, 15) is 0 Å². The molecule has 1 nitrogen and oxygen atoms in total. The monoisotopic (exact) mass is 308 g/mol. The average molecular weight is 310 g/mol. The number of alkyl halides is 1. The zero-order chi connectivity index (χ0) is 10.8. The molecule has 1 aliphatic rings. The number of ether oxygens (including phenoxy) is 1. The summed E-state index contributed by atoms with van der Waals surface area (Å²) in [5, 5.41) is 0. The van der Waals surface area contributed by atoms with Gasteiger partial charge in [0.25, 0.3) is 0 Å². The van der Waals surface area contributed by atoms with Crippen molar-refractivity contribution >= 4 is 38.9 Å². The summed E-state index contributed by atoms with van der Waals surface area (Å²) >= 11 is 11.6. The van der Waals surface area contributed by atoms with Gasteiger partial charge in [0.05, 0.1) is 9.16 Å². The lowest BCUT2D eigenvalue weighted by atomic mass is 9.95. The second-order valence-corrected chi connectivity index (χ2v) is 6.63. The van der Waals surface area contributed by atoms with Crippen molar-refractivity contribution in [3.8, 4) is 0 Å². The van der Waals surface area contributed by atoms with Crippen LogP contribution >= 0.6 is 38.9 Å². The van der Waals surface area contributed by atoms with E-state index in [0.717, 1.165) is 30.4 Å². The number of halogens is 2. The molecule has 1 saturated heterocycles. The average Bonchev–Trinajstić information content (AvgIpc) is 2.59. The lowest BCUT2D eigenvalue weighted by Crippen LogP contribution is -2.18. The van der Waals surface area contributed by atoms with E-state index in [0.29, 0.717) is 10.7 Å². The molecule has 2 heterocycles. The molecule has 0 bridgehead atoms. The predicted molar refractivity (Wildman–Crippen MR) is 69.3 cm³/mol. The van der Waals surface area contributed by atoms with Gasteiger partial charge in [0.15, 0.2) is 0 Å². The fraction of sp³-hybridized carbons (Fsp3) is 0.636. The Balaban J connectivity index is 2.08. The molecule has 1 fully saturated rings. The van der Waals surface area contributed by atoms with Crippen LogP contribution in [0.25, 0.3) is 0 Å². The molecule has 4 heteroatoms. The number of hydrogen-bond acceptors (Lipinski definition) is 2. The number of thiophene rings is 1. The SMILES string of the molecule is Cc1cc(C(Br)C2CCOCC2)sc1Cl. The Kier molecular flexibility index (Phi) is 4.10. The van der Waals surface area contributed by atoms with Crippen LogP contribution in [0.5, 0.6) is 0 Å². The Morgan fingerprint density at radius 2 is 2.20 bits per heavy atom. The van der Waals surface area contributed by atoms with Crippen LogP contribution in [0.3, 0.4) is 0 Å². The van der Waals surface area contributed by atoms with Crippen LogP contribution in [-0.2, 0) is 4.74 Å². The zero-order valence-electron chi connectivity index (χ0n) is 8.63. The Morgan fingerprint density at radius 1 is 1.53 bits per heavy atom.